The SMILES string of the molecule is CCOc1ccc(C(CN)Cc2ccc(CC)cc2)cc1C. The molecule has 0 spiro atoms. The highest BCUT2D eigenvalue weighted by Crippen LogP contribution is 2.26. The van der Waals surface area contributed by atoms with E-state index in [1.165, 1.54) is 22.3 Å². The molecule has 0 bridgehead atoms. The fourth-order valence-corrected chi connectivity index (χ4v) is 2.78. The summed E-state index contributed by atoms with van der Waals surface area (Å²) in [5.74, 6) is 1.32. The molecule has 1 atom stereocenters. The van der Waals surface area contributed by atoms with Crippen molar-refractivity contribution in [2.45, 2.75) is 39.5 Å². The number of ether oxygens (including phenoxy) is 1. The van der Waals surface area contributed by atoms with E-state index in [0.717, 1.165) is 18.6 Å². The lowest BCUT2D eigenvalue weighted by Gasteiger charge is -2.17. The first-order valence-electron chi connectivity index (χ1n) is 8.19. The van der Waals surface area contributed by atoms with E-state index < -0.39 is 0 Å². The van der Waals surface area contributed by atoms with Gasteiger partial charge in [-0.3, -0.25) is 0 Å². The third-order valence-corrected chi connectivity index (χ3v) is 4.17. The molecule has 0 radical (unpaired) electrons. The van der Waals surface area contributed by atoms with Crippen LogP contribution in [-0.2, 0) is 12.8 Å². The summed E-state index contributed by atoms with van der Waals surface area (Å²) >= 11 is 0. The highest BCUT2D eigenvalue weighted by atomic mass is 16.5. The summed E-state index contributed by atoms with van der Waals surface area (Å²) in [7, 11) is 0. The average Bonchev–Trinajstić information content (AvgIpc) is 2.55. The second-order valence-corrected chi connectivity index (χ2v) is 5.76. The molecule has 0 saturated carbocycles. The molecule has 0 aliphatic rings. The maximum absolute atomic E-state index is 6.02. The maximum atomic E-state index is 6.02. The number of benzene rings is 2. The van der Waals surface area contributed by atoms with Gasteiger partial charge in [0.25, 0.3) is 0 Å². The lowest BCUT2D eigenvalue weighted by Crippen LogP contribution is -2.15. The van der Waals surface area contributed by atoms with E-state index in [2.05, 4.69) is 56.3 Å². The van der Waals surface area contributed by atoms with Crippen LogP contribution in [0.5, 0.6) is 5.75 Å². The van der Waals surface area contributed by atoms with Gasteiger partial charge in [0.05, 0.1) is 6.61 Å². The van der Waals surface area contributed by atoms with E-state index in [4.69, 9.17) is 10.5 Å². The summed E-state index contributed by atoms with van der Waals surface area (Å²) in [6, 6.07) is 15.3. The summed E-state index contributed by atoms with van der Waals surface area (Å²) < 4.78 is 5.62. The molecule has 0 fully saturated rings. The topological polar surface area (TPSA) is 35.2 Å². The predicted molar refractivity (Wildman–Crippen MR) is 93.7 cm³/mol. The summed E-state index contributed by atoms with van der Waals surface area (Å²) in [6.45, 7) is 7.64. The van der Waals surface area contributed by atoms with Gasteiger partial charge in [0, 0.05) is 5.92 Å². The van der Waals surface area contributed by atoms with Gasteiger partial charge < -0.3 is 10.5 Å². The van der Waals surface area contributed by atoms with Crippen molar-refractivity contribution in [2.24, 2.45) is 5.73 Å². The first-order valence-corrected chi connectivity index (χ1v) is 8.19. The third kappa shape index (κ3) is 4.11. The number of hydrogen-bond acceptors (Lipinski definition) is 2. The molecule has 0 saturated heterocycles. The minimum absolute atomic E-state index is 0.349. The average molecular weight is 297 g/mol. The molecule has 2 aromatic rings. The van der Waals surface area contributed by atoms with Crippen LogP contribution < -0.4 is 10.5 Å². The lowest BCUT2D eigenvalue weighted by molar-refractivity contribution is 0.337. The monoisotopic (exact) mass is 297 g/mol. The van der Waals surface area contributed by atoms with E-state index in [-0.39, 0.29) is 0 Å². The molecule has 22 heavy (non-hydrogen) atoms. The molecule has 2 rings (SSSR count). The molecular weight excluding hydrogens is 270 g/mol. The van der Waals surface area contributed by atoms with Gasteiger partial charge in [-0.1, -0.05) is 43.3 Å². The molecule has 0 aromatic heterocycles. The largest absolute Gasteiger partial charge is 0.494 e. The van der Waals surface area contributed by atoms with Crippen molar-refractivity contribution in [2.75, 3.05) is 13.2 Å². The first-order chi connectivity index (χ1) is 10.7. The van der Waals surface area contributed by atoms with Crippen LogP contribution in [0.15, 0.2) is 42.5 Å². The molecule has 1 unspecified atom stereocenters. The van der Waals surface area contributed by atoms with E-state index in [0.29, 0.717) is 19.1 Å². The third-order valence-electron chi connectivity index (χ3n) is 4.17. The fourth-order valence-electron chi connectivity index (χ4n) is 2.78. The van der Waals surface area contributed by atoms with Crippen molar-refractivity contribution in [1.29, 1.82) is 0 Å². The Morgan fingerprint density at radius 2 is 1.68 bits per heavy atom. The van der Waals surface area contributed by atoms with Gasteiger partial charge in [0.2, 0.25) is 0 Å². The van der Waals surface area contributed by atoms with Crippen molar-refractivity contribution in [3.63, 3.8) is 0 Å². The van der Waals surface area contributed by atoms with E-state index in [1.807, 2.05) is 6.92 Å². The Hall–Kier alpha value is -1.80. The Morgan fingerprint density at radius 1 is 1.00 bits per heavy atom. The van der Waals surface area contributed by atoms with Crippen LogP contribution in [-0.4, -0.2) is 13.2 Å². The lowest BCUT2D eigenvalue weighted by atomic mass is 9.90. The van der Waals surface area contributed by atoms with Crippen LogP contribution in [0.1, 0.15) is 42.0 Å². The Morgan fingerprint density at radius 3 is 2.23 bits per heavy atom. The van der Waals surface area contributed by atoms with Gasteiger partial charge in [-0.2, -0.15) is 0 Å². The van der Waals surface area contributed by atoms with Crippen LogP contribution in [0.3, 0.4) is 0 Å². The smallest absolute Gasteiger partial charge is 0.122 e. The molecule has 2 heteroatoms. The van der Waals surface area contributed by atoms with E-state index in [1.54, 1.807) is 0 Å². The minimum Gasteiger partial charge on any atom is -0.494 e. The van der Waals surface area contributed by atoms with Crippen LogP contribution in [0.2, 0.25) is 0 Å². The van der Waals surface area contributed by atoms with Crippen LogP contribution in [0.4, 0.5) is 0 Å². The zero-order valence-corrected chi connectivity index (χ0v) is 13.9. The molecule has 2 aromatic carbocycles. The van der Waals surface area contributed by atoms with Crippen LogP contribution in [0.25, 0.3) is 0 Å². The summed E-state index contributed by atoms with van der Waals surface area (Å²) in [6.07, 6.45) is 2.06. The maximum Gasteiger partial charge on any atom is 0.122 e. The number of hydrogen-bond donors (Lipinski definition) is 1. The summed E-state index contributed by atoms with van der Waals surface area (Å²) in [4.78, 5) is 0. The quantitative estimate of drug-likeness (QED) is 0.829. The Kier molecular flexibility index (Phi) is 6.02. The second kappa shape index (κ2) is 8.00. The Labute approximate surface area is 134 Å². The van der Waals surface area contributed by atoms with Gasteiger partial charge in [-0.05, 0) is 61.6 Å². The molecule has 118 valence electrons. The van der Waals surface area contributed by atoms with Gasteiger partial charge in [0.15, 0.2) is 0 Å². The van der Waals surface area contributed by atoms with Gasteiger partial charge in [0.1, 0.15) is 5.75 Å². The Bertz CT molecular complexity index is 589. The highest BCUT2D eigenvalue weighted by molar-refractivity contribution is 5.38. The summed E-state index contributed by atoms with van der Waals surface area (Å²) in [5, 5.41) is 0. The van der Waals surface area contributed by atoms with Crippen molar-refractivity contribution in [1.82, 2.24) is 0 Å². The first kappa shape index (κ1) is 16.6. The molecule has 0 amide bonds. The number of nitrogens with two attached hydrogens (primary N) is 1. The fraction of sp³-hybridized carbons (Fsp3) is 0.400. The molecule has 0 aliphatic carbocycles. The molecule has 0 aliphatic heterocycles. The minimum atomic E-state index is 0.349. The van der Waals surface area contributed by atoms with Gasteiger partial charge in [-0.25, -0.2) is 0 Å². The molecule has 2 N–H and O–H groups in total. The van der Waals surface area contributed by atoms with Crippen molar-refractivity contribution >= 4 is 0 Å². The van der Waals surface area contributed by atoms with Gasteiger partial charge >= 0.3 is 0 Å². The summed E-state index contributed by atoms with van der Waals surface area (Å²) in [5.41, 5.74) is 11.2. The molecule has 2 nitrogen and oxygen atoms in total. The van der Waals surface area contributed by atoms with Crippen LogP contribution in [0, 0.1) is 6.92 Å². The Balaban J connectivity index is 2.14. The molecule has 0 heterocycles. The number of rotatable bonds is 7. The highest BCUT2D eigenvalue weighted by Gasteiger charge is 2.12. The van der Waals surface area contributed by atoms with Crippen molar-refractivity contribution in [3.8, 4) is 5.75 Å². The van der Waals surface area contributed by atoms with Crippen molar-refractivity contribution in [3.05, 3.63) is 64.7 Å². The second-order valence-electron chi connectivity index (χ2n) is 5.76. The standard InChI is InChI=1S/C20H27NO/c1-4-16-6-8-17(9-7-16)13-19(14-21)18-10-11-20(22-5-2)15(3)12-18/h6-12,19H,4-5,13-14,21H2,1-3H3. The van der Waals surface area contributed by atoms with Crippen LogP contribution >= 0.6 is 0 Å². The normalized spacial score (nSPS) is 12.2. The van der Waals surface area contributed by atoms with Crippen molar-refractivity contribution < 1.29 is 4.74 Å². The zero-order chi connectivity index (χ0) is 15.9. The predicted octanol–water partition coefficient (Wildman–Crippen LogP) is 4.24. The molecular formula is C20H27NO. The zero-order valence-electron chi connectivity index (χ0n) is 13.9. The van der Waals surface area contributed by atoms with Gasteiger partial charge in [-0.15, -0.1) is 0 Å². The van der Waals surface area contributed by atoms with E-state index >= 15 is 0 Å². The van der Waals surface area contributed by atoms with E-state index in [9.17, 15) is 0 Å². The number of aryl methyl sites for hydroxylation is 2.